The molecule has 5 nitrogen and oxygen atoms in total. The maximum absolute atomic E-state index is 11.5. The van der Waals surface area contributed by atoms with E-state index in [9.17, 15) is 4.79 Å². The molecule has 0 rings (SSSR count). The van der Waals surface area contributed by atoms with Gasteiger partial charge in [-0.25, -0.2) is 0 Å². The molecule has 0 aromatic carbocycles. The number of nitrogens with zero attached hydrogens (tertiary/aromatic N) is 2. The van der Waals surface area contributed by atoms with Crippen molar-refractivity contribution >= 4 is 5.91 Å². The van der Waals surface area contributed by atoms with Gasteiger partial charge in [0.1, 0.15) is 0 Å². The molecule has 1 amide bonds. The number of unbranched alkanes of at least 4 members (excludes halogenated alkanes) is 7. The van der Waals surface area contributed by atoms with E-state index in [2.05, 4.69) is 32.5 Å². The molecule has 0 fully saturated rings. The molecule has 0 heterocycles. The van der Waals surface area contributed by atoms with Gasteiger partial charge >= 0.3 is 0 Å². The summed E-state index contributed by atoms with van der Waals surface area (Å²) < 4.78 is 0. The Morgan fingerprint density at radius 1 is 0.778 bits per heavy atom. The Balaban J connectivity index is 0. The van der Waals surface area contributed by atoms with Crippen molar-refractivity contribution in [3.05, 3.63) is 12.2 Å². The van der Waals surface area contributed by atoms with Crippen LogP contribution in [0.2, 0.25) is 0 Å². The van der Waals surface area contributed by atoms with Gasteiger partial charge in [-0.1, -0.05) is 58.4 Å². The molecule has 0 aromatic rings. The van der Waals surface area contributed by atoms with Gasteiger partial charge in [0, 0.05) is 31.9 Å². The highest BCUT2D eigenvalue weighted by Crippen LogP contribution is 2.08. The molecule has 0 atom stereocenters. The summed E-state index contributed by atoms with van der Waals surface area (Å²) in [6.07, 6.45) is 12.5. The van der Waals surface area contributed by atoms with Gasteiger partial charge in [-0.05, 0) is 46.8 Å². The van der Waals surface area contributed by atoms with E-state index in [-0.39, 0.29) is 19.1 Å². The number of amides is 1. The number of rotatable bonds is 16. The van der Waals surface area contributed by atoms with Crippen LogP contribution in [0.1, 0.15) is 78.1 Å². The van der Waals surface area contributed by atoms with Crippen LogP contribution in [0.15, 0.2) is 12.2 Å². The largest absolute Gasteiger partial charge is 0.396 e. The molecule has 0 bridgehead atoms. The molecule has 0 saturated heterocycles. The predicted molar refractivity (Wildman–Crippen MR) is 116 cm³/mol. The number of carbonyl (C=O) groups is 1. The maximum atomic E-state index is 11.5. The van der Waals surface area contributed by atoms with Crippen molar-refractivity contribution in [1.29, 1.82) is 0 Å². The molecule has 0 unspecified atom stereocenters. The van der Waals surface area contributed by atoms with Crippen molar-refractivity contribution in [3.63, 3.8) is 0 Å². The van der Waals surface area contributed by atoms with E-state index < -0.39 is 0 Å². The first-order valence-electron chi connectivity index (χ1n) is 10.7. The van der Waals surface area contributed by atoms with Crippen LogP contribution >= 0.6 is 0 Å². The van der Waals surface area contributed by atoms with Gasteiger partial charge in [0.15, 0.2) is 0 Å². The molecule has 2 N–H and O–H groups in total. The number of hydrogen-bond donors (Lipinski definition) is 2. The van der Waals surface area contributed by atoms with Crippen molar-refractivity contribution in [2.24, 2.45) is 0 Å². The summed E-state index contributed by atoms with van der Waals surface area (Å²) in [5.74, 6) is -0.105. The third-order valence-electron chi connectivity index (χ3n) is 4.28. The smallest absolute Gasteiger partial charge is 0.248 e. The van der Waals surface area contributed by atoms with Crippen LogP contribution in [0.3, 0.4) is 0 Å². The minimum absolute atomic E-state index is 0.0685. The number of hydrogen-bond acceptors (Lipinski definition) is 4. The summed E-state index contributed by atoms with van der Waals surface area (Å²) in [5, 5.41) is 17.3. The standard InChI is InChI=1S/C12H27N.C10H19NO3/c1-4-5-6-7-8-9-10-11-12-13(2)3;1-9(2)10(14)11(5-3-7-12)6-4-8-13/h4-12H2,1-3H3;12-13H,1,3-8H2,2H3. The Labute approximate surface area is 168 Å². The number of carbonyl (C=O) groups excluding carboxylic acids is 1. The topological polar surface area (TPSA) is 64.0 Å². The second kappa shape index (κ2) is 21.4. The van der Waals surface area contributed by atoms with Crippen LogP contribution < -0.4 is 0 Å². The normalized spacial score (nSPS) is 10.5. The Kier molecular flexibility index (Phi) is 22.4. The van der Waals surface area contributed by atoms with Gasteiger partial charge in [0.25, 0.3) is 0 Å². The SMILES string of the molecule is C=C(C)C(=O)N(CCCO)CCCO.CCCCCCCCCCN(C)C. The summed E-state index contributed by atoms with van der Waals surface area (Å²) in [7, 11) is 4.31. The van der Waals surface area contributed by atoms with E-state index in [0.717, 1.165) is 0 Å². The van der Waals surface area contributed by atoms with E-state index in [4.69, 9.17) is 10.2 Å². The zero-order valence-electron chi connectivity index (χ0n) is 18.5. The van der Waals surface area contributed by atoms with E-state index in [1.807, 2.05) is 0 Å². The quantitative estimate of drug-likeness (QED) is 0.312. The number of aliphatic hydroxyl groups excluding tert-OH is 2. The number of aliphatic hydroxyl groups is 2. The average Bonchev–Trinajstić information content (AvgIpc) is 2.64. The van der Waals surface area contributed by atoms with Crippen molar-refractivity contribution in [1.82, 2.24) is 9.80 Å². The van der Waals surface area contributed by atoms with Crippen LogP contribution in [-0.2, 0) is 4.79 Å². The molecular formula is C22H46N2O3. The molecule has 0 aromatic heterocycles. The minimum Gasteiger partial charge on any atom is -0.396 e. The van der Waals surface area contributed by atoms with Crippen molar-refractivity contribution < 1.29 is 15.0 Å². The fraction of sp³-hybridized carbons (Fsp3) is 0.864. The van der Waals surface area contributed by atoms with Crippen LogP contribution in [-0.4, -0.2) is 72.9 Å². The van der Waals surface area contributed by atoms with E-state index in [0.29, 0.717) is 31.5 Å². The third kappa shape index (κ3) is 21.2. The monoisotopic (exact) mass is 386 g/mol. The Morgan fingerprint density at radius 2 is 1.22 bits per heavy atom. The van der Waals surface area contributed by atoms with Crippen molar-refractivity contribution in [3.8, 4) is 0 Å². The zero-order chi connectivity index (χ0) is 20.9. The van der Waals surface area contributed by atoms with Gasteiger partial charge in [-0.15, -0.1) is 0 Å². The molecule has 27 heavy (non-hydrogen) atoms. The fourth-order valence-corrected chi connectivity index (χ4v) is 2.67. The molecule has 5 heteroatoms. The highest BCUT2D eigenvalue weighted by Gasteiger charge is 2.12. The second-order valence-corrected chi connectivity index (χ2v) is 7.51. The lowest BCUT2D eigenvalue weighted by Gasteiger charge is -2.21. The maximum Gasteiger partial charge on any atom is 0.248 e. The van der Waals surface area contributed by atoms with Crippen molar-refractivity contribution in [2.75, 3.05) is 46.9 Å². The third-order valence-corrected chi connectivity index (χ3v) is 4.28. The molecular weight excluding hydrogens is 340 g/mol. The Hall–Kier alpha value is -0.910. The summed E-state index contributed by atoms with van der Waals surface area (Å²) >= 11 is 0. The van der Waals surface area contributed by atoms with Crippen LogP contribution in [0, 0.1) is 0 Å². The predicted octanol–water partition coefficient (Wildman–Crippen LogP) is 3.84. The first kappa shape index (κ1) is 28.3. The van der Waals surface area contributed by atoms with Crippen LogP contribution in [0.25, 0.3) is 0 Å². The Bertz CT molecular complexity index is 338. The molecule has 162 valence electrons. The lowest BCUT2D eigenvalue weighted by molar-refractivity contribution is -0.127. The van der Waals surface area contributed by atoms with Crippen LogP contribution in [0.4, 0.5) is 0 Å². The highest BCUT2D eigenvalue weighted by atomic mass is 16.3. The first-order valence-corrected chi connectivity index (χ1v) is 10.7. The first-order chi connectivity index (χ1) is 12.9. The molecule has 0 radical (unpaired) electrons. The van der Waals surface area contributed by atoms with Gasteiger partial charge < -0.3 is 20.0 Å². The average molecular weight is 387 g/mol. The van der Waals surface area contributed by atoms with Crippen molar-refractivity contribution in [2.45, 2.75) is 78.1 Å². The summed E-state index contributed by atoms with van der Waals surface area (Å²) in [5.41, 5.74) is 0.487. The molecule has 0 saturated carbocycles. The molecule has 0 spiro atoms. The van der Waals surface area contributed by atoms with E-state index >= 15 is 0 Å². The fourth-order valence-electron chi connectivity index (χ4n) is 2.67. The highest BCUT2D eigenvalue weighted by molar-refractivity contribution is 5.92. The molecule has 0 aliphatic rings. The Morgan fingerprint density at radius 3 is 1.59 bits per heavy atom. The second-order valence-electron chi connectivity index (χ2n) is 7.51. The van der Waals surface area contributed by atoms with E-state index in [1.165, 1.54) is 57.9 Å². The van der Waals surface area contributed by atoms with Gasteiger partial charge in [0.05, 0.1) is 0 Å². The summed E-state index contributed by atoms with van der Waals surface area (Å²) in [4.78, 5) is 15.4. The molecule has 0 aliphatic carbocycles. The van der Waals surface area contributed by atoms with Gasteiger partial charge in [0.2, 0.25) is 5.91 Å². The lowest BCUT2D eigenvalue weighted by atomic mass is 10.1. The summed E-state index contributed by atoms with van der Waals surface area (Å²) in [6, 6.07) is 0. The molecule has 0 aliphatic heterocycles. The van der Waals surface area contributed by atoms with E-state index in [1.54, 1.807) is 11.8 Å². The van der Waals surface area contributed by atoms with Crippen LogP contribution in [0.5, 0.6) is 0 Å². The zero-order valence-corrected chi connectivity index (χ0v) is 18.5. The minimum atomic E-state index is -0.105. The van der Waals surface area contributed by atoms with Gasteiger partial charge in [-0.3, -0.25) is 4.79 Å². The summed E-state index contributed by atoms with van der Waals surface area (Å²) in [6.45, 7) is 9.94. The van der Waals surface area contributed by atoms with Gasteiger partial charge in [-0.2, -0.15) is 0 Å². The lowest BCUT2D eigenvalue weighted by Crippen LogP contribution is -2.34.